The molecule has 12 heteroatoms. The second-order valence-corrected chi connectivity index (χ2v) is 8.13. The number of amides is 3. The zero-order chi connectivity index (χ0) is 26.0. The van der Waals surface area contributed by atoms with E-state index in [0.717, 1.165) is 0 Å². The number of aromatic hydroxyl groups is 2. The molecule has 3 atom stereocenters. The molecule has 11 nitrogen and oxygen atoms in total. The predicted octanol–water partition coefficient (Wildman–Crippen LogP) is -0.689. The molecule has 2 aromatic rings. The van der Waals surface area contributed by atoms with E-state index in [2.05, 4.69) is 28.6 Å². The summed E-state index contributed by atoms with van der Waals surface area (Å²) in [7, 11) is 0. The summed E-state index contributed by atoms with van der Waals surface area (Å²) < 4.78 is 0. The van der Waals surface area contributed by atoms with Crippen molar-refractivity contribution >= 4 is 36.3 Å². The molecule has 0 saturated carbocycles. The van der Waals surface area contributed by atoms with Crippen LogP contribution < -0.4 is 21.7 Å². The number of carbonyl (C=O) groups is 4. The summed E-state index contributed by atoms with van der Waals surface area (Å²) in [5.41, 5.74) is 7.26. The molecule has 0 fully saturated rings. The van der Waals surface area contributed by atoms with Gasteiger partial charge in [-0.1, -0.05) is 24.3 Å². The van der Waals surface area contributed by atoms with Crippen LogP contribution in [0, 0.1) is 0 Å². The van der Waals surface area contributed by atoms with Crippen LogP contribution >= 0.6 is 12.6 Å². The van der Waals surface area contributed by atoms with Crippen molar-refractivity contribution in [1.82, 2.24) is 16.0 Å². The van der Waals surface area contributed by atoms with E-state index in [4.69, 9.17) is 10.8 Å². The van der Waals surface area contributed by atoms with Crippen LogP contribution in [0.3, 0.4) is 0 Å². The van der Waals surface area contributed by atoms with Gasteiger partial charge in [-0.2, -0.15) is 12.6 Å². The van der Waals surface area contributed by atoms with Gasteiger partial charge >= 0.3 is 5.97 Å². The maximum Gasteiger partial charge on any atom is 0.322 e. The highest BCUT2D eigenvalue weighted by molar-refractivity contribution is 7.80. The number of carbonyl (C=O) groups excluding carboxylic acids is 3. The second kappa shape index (κ2) is 13.2. The van der Waals surface area contributed by atoms with Crippen LogP contribution in [0.2, 0.25) is 0 Å². The van der Waals surface area contributed by atoms with Crippen LogP contribution in [0.25, 0.3) is 0 Å². The summed E-state index contributed by atoms with van der Waals surface area (Å²) in [6.45, 7) is -0.639. The molecule has 3 amide bonds. The Labute approximate surface area is 207 Å². The lowest BCUT2D eigenvalue weighted by atomic mass is 10.0. The summed E-state index contributed by atoms with van der Waals surface area (Å²) in [6.07, 6.45) is 0.166. The average molecular weight is 505 g/mol. The molecule has 35 heavy (non-hydrogen) atoms. The number of benzene rings is 2. The van der Waals surface area contributed by atoms with Gasteiger partial charge in [0.05, 0.1) is 6.04 Å². The van der Waals surface area contributed by atoms with Gasteiger partial charge in [-0.15, -0.1) is 0 Å². The first-order valence-electron chi connectivity index (χ1n) is 10.6. The average Bonchev–Trinajstić information content (AvgIpc) is 2.82. The third-order valence-corrected chi connectivity index (χ3v) is 5.33. The lowest BCUT2D eigenvalue weighted by molar-refractivity contribution is -0.138. The fourth-order valence-corrected chi connectivity index (χ4v) is 3.34. The Bertz CT molecular complexity index is 1030. The summed E-state index contributed by atoms with van der Waals surface area (Å²) in [5.74, 6) is -3.30. The highest BCUT2D eigenvalue weighted by Gasteiger charge is 2.28. The van der Waals surface area contributed by atoms with E-state index >= 15 is 0 Å². The minimum atomic E-state index is -1.25. The lowest BCUT2D eigenvalue weighted by Crippen LogP contribution is -2.57. The van der Waals surface area contributed by atoms with E-state index in [1.54, 1.807) is 24.3 Å². The van der Waals surface area contributed by atoms with Gasteiger partial charge in [0.25, 0.3) is 0 Å². The first-order valence-corrected chi connectivity index (χ1v) is 11.2. The zero-order valence-corrected chi connectivity index (χ0v) is 19.6. The molecule has 0 radical (unpaired) electrons. The normalized spacial score (nSPS) is 13.2. The molecule has 0 saturated heterocycles. The fourth-order valence-electron chi connectivity index (χ4n) is 3.09. The van der Waals surface area contributed by atoms with E-state index in [9.17, 15) is 29.4 Å². The molecule has 0 spiro atoms. The number of phenols is 2. The molecule has 0 aliphatic carbocycles. The zero-order valence-electron chi connectivity index (χ0n) is 18.7. The molecule has 8 N–H and O–H groups in total. The first-order chi connectivity index (χ1) is 16.6. The minimum absolute atomic E-state index is 0.00504. The van der Waals surface area contributed by atoms with Crippen molar-refractivity contribution in [2.75, 3.05) is 12.3 Å². The molecule has 188 valence electrons. The van der Waals surface area contributed by atoms with Gasteiger partial charge in [-0.3, -0.25) is 19.2 Å². The predicted molar refractivity (Wildman–Crippen MR) is 130 cm³/mol. The molecule has 2 aromatic carbocycles. The van der Waals surface area contributed by atoms with Gasteiger partial charge < -0.3 is 37.0 Å². The number of carboxylic acids is 1. The summed E-state index contributed by atoms with van der Waals surface area (Å²) >= 11 is 4.11. The third-order valence-electron chi connectivity index (χ3n) is 4.97. The molecule has 0 aliphatic heterocycles. The maximum atomic E-state index is 12.8. The Hall–Kier alpha value is -3.77. The smallest absolute Gasteiger partial charge is 0.322 e. The lowest BCUT2D eigenvalue weighted by Gasteiger charge is -2.23. The van der Waals surface area contributed by atoms with Gasteiger partial charge in [0.2, 0.25) is 17.7 Å². The van der Waals surface area contributed by atoms with Crippen molar-refractivity contribution in [2.24, 2.45) is 5.73 Å². The number of carboxylic acid groups (broad SMARTS) is 1. The molecular formula is C23H28N4O7S. The molecule has 3 unspecified atom stereocenters. The number of aliphatic carboxylic acids is 1. The Morgan fingerprint density at radius 1 is 0.771 bits per heavy atom. The van der Waals surface area contributed by atoms with Crippen LogP contribution in [-0.4, -0.2) is 69.4 Å². The van der Waals surface area contributed by atoms with E-state index < -0.39 is 48.4 Å². The molecular weight excluding hydrogens is 476 g/mol. The van der Waals surface area contributed by atoms with Gasteiger partial charge in [-0.25, -0.2) is 0 Å². The van der Waals surface area contributed by atoms with Crippen molar-refractivity contribution in [3.63, 3.8) is 0 Å². The Kier molecular flexibility index (Phi) is 10.4. The Morgan fingerprint density at radius 3 is 1.74 bits per heavy atom. The van der Waals surface area contributed by atoms with Crippen LogP contribution in [0.4, 0.5) is 0 Å². The number of phenolic OH excluding ortho intramolecular Hbond substituents is 2. The van der Waals surface area contributed by atoms with Crippen LogP contribution in [0.15, 0.2) is 48.5 Å². The van der Waals surface area contributed by atoms with E-state index in [1.165, 1.54) is 24.3 Å². The van der Waals surface area contributed by atoms with Gasteiger partial charge in [0.1, 0.15) is 30.1 Å². The van der Waals surface area contributed by atoms with E-state index in [0.29, 0.717) is 11.1 Å². The number of nitrogens with one attached hydrogen (secondary N) is 3. The Balaban J connectivity index is 2.05. The van der Waals surface area contributed by atoms with Crippen molar-refractivity contribution < 1.29 is 34.5 Å². The number of hydrogen-bond acceptors (Lipinski definition) is 8. The van der Waals surface area contributed by atoms with Gasteiger partial charge in [0, 0.05) is 12.2 Å². The number of nitrogens with two attached hydrogens (primary N) is 1. The quantitative estimate of drug-likeness (QED) is 0.174. The number of hydrogen-bond donors (Lipinski definition) is 8. The van der Waals surface area contributed by atoms with Crippen molar-refractivity contribution in [3.05, 3.63) is 59.7 Å². The van der Waals surface area contributed by atoms with Gasteiger partial charge in [-0.05, 0) is 41.8 Å². The standard InChI is InChI=1S/C23H28N4O7S/c24-17(9-13-1-5-15(28)6-2-13)21(32)27-19(12-35)23(34)26-18(22(33)25-11-20(30)31)10-14-3-7-16(29)8-4-14/h1-8,17-19,28-29,35H,9-12,24H2,(H,25,33)(H,26,34)(H,27,32)(H,30,31). The van der Waals surface area contributed by atoms with Crippen molar-refractivity contribution in [3.8, 4) is 11.5 Å². The molecule has 0 aromatic heterocycles. The molecule has 0 aliphatic rings. The molecule has 0 heterocycles. The second-order valence-electron chi connectivity index (χ2n) is 7.76. The summed E-state index contributed by atoms with van der Waals surface area (Å²) in [4.78, 5) is 48.7. The van der Waals surface area contributed by atoms with Crippen LogP contribution in [-0.2, 0) is 32.0 Å². The van der Waals surface area contributed by atoms with E-state index in [1.807, 2.05) is 0 Å². The monoisotopic (exact) mass is 504 g/mol. The van der Waals surface area contributed by atoms with E-state index in [-0.39, 0.29) is 30.1 Å². The van der Waals surface area contributed by atoms with Gasteiger partial charge in [0.15, 0.2) is 0 Å². The molecule has 0 bridgehead atoms. The first kappa shape index (κ1) is 27.5. The topological polar surface area (TPSA) is 191 Å². The van der Waals surface area contributed by atoms with Crippen LogP contribution in [0.1, 0.15) is 11.1 Å². The SMILES string of the molecule is NC(Cc1ccc(O)cc1)C(=O)NC(CS)C(=O)NC(Cc1ccc(O)cc1)C(=O)NCC(=O)O. The maximum absolute atomic E-state index is 12.8. The summed E-state index contributed by atoms with van der Waals surface area (Å²) in [6, 6.07) is 8.85. The highest BCUT2D eigenvalue weighted by Crippen LogP contribution is 2.12. The summed E-state index contributed by atoms with van der Waals surface area (Å²) in [5, 5.41) is 34.9. The third kappa shape index (κ3) is 9.18. The minimum Gasteiger partial charge on any atom is -0.508 e. The Morgan fingerprint density at radius 2 is 1.26 bits per heavy atom. The van der Waals surface area contributed by atoms with Crippen molar-refractivity contribution in [1.29, 1.82) is 0 Å². The van der Waals surface area contributed by atoms with Crippen LogP contribution in [0.5, 0.6) is 11.5 Å². The highest BCUT2D eigenvalue weighted by atomic mass is 32.1. The largest absolute Gasteiger partial charge is 0.508 e. The number of rotatable bonds is 12. The number of thiol groups is 1. The molecule has 2 rings (SSSR count). The fraction of sp³-hybridized carbons (Fsp3) is 0.304. The van der Waals surface area contributed by atoms with Crippen molar-refractivity contribution in [2.45, 2.75) is 31.0 Å².